The van der Waals surface area contributed by atoms with Crippen LogP contribution < -0.4 is 0 Å². The number of nitriles is 1. The van der Waals surface area contributed by atoms with Crippen molar-refractivity contribution < 1.29 is 27.2 Å². The average Bonchev–Trinajstić information content (AvgIpc) is 3.77. The zero-order valence-corrected chi connectivity index (χ0v) is 19.8. The Morgan fingerprint density at radius 1 is 1.00 bits per heavy atom. The lowest BCUT2D eigenvalue weighted by Gasteiger charge is -2.36. The second-order valence-electron chi connectivity index (χ2n) is 9.60. The number of hydrogen-bond acceptors (Lipinski definition) is 4. The van der Waals surface area contributed by atoms with Gasteiger partial charge in [-0.25, -0.2) is 9.29 Å². The maximum absolute atomic E-state index is 14.3. The summed E-state index contributed by atoms with van der Waals surface area (Å²) in [5, 5.41) is 9.02. The molecule has 2 amide bonds. The molecule has 1 aliphatic heterocycles. The van der Waals surface area contributed by atoms with Crippen molar-refractivity contribution in [3.05, 3.63) is 88.5 Å². The van der Waals surface area contributed by atoms with Crippen LogP contribution in [0.2, 0.25) is 0 Å². The fourth-order valence-corrected chi connectivity index (χ4v) is 4.32. The fraction of sp³-hybridized carbons (Fsp3) is 0.321. The number of imide groups is 1. The SMILES string of the molecule is N#Cc1ccc(CN2CC=C(c3ccc(C(F)(F)F)cc3)C=C2N(C(=O)C2CC2)C(=O)C2CC2)cc1F. The van der Waals surface area contributed by atoms with Gasteiger partial charge in [-0.05, 0) is 72.7 Å². The van der Waals surface area contributed by atoms with E-state index in [1.165, 1.54) is 29.2 Å². The molecule has 9 heteroatoms. The third kappa shape index (κ3) is 5.29. The number of rotatable bonds is 6. The molecule has 5 nitrogen and oxygen atoms in total. The van der Waals surface area contributed by atoms with Crippen molar-refractivity contribution in [3.63, 3.8) is 0 Å². The zero-order chi connectivity index (χ0) is 26.3. The summed E-state index contributed by atoms with van der Waals surface area (Å²) < 4.78 is 53.4. The first-order valence-corrected chi connectivity index (χ1v) is 12.1. The Morgan fingerprint density at radius 2 is 1.62 bits per heavy atom. The highest BCUT2D eigenvalue weighted by Gasteiger charge is 2.44. The number of amides is 2. The van der Waals surface area contributed by atoms with E-state index >= 15 is 0 Å². The van der Waals surface area contributed by atoms with E-state index in [4.69, 9.17) is 5.26 Å². The van der Waals surface area contributed by atoms with Gasteiger partial charge in [0.05, 0.1) is 11.1 Å². The Hall–Kier alpha value is -3.93. The van der Waals surface area contributed by atoms with E-state index in [2.05, 4.69) is 0 Å². The molecule has 0 atom stereocenters. The molecule has 2 saturated carbocycles. The summed E-state index contributed by atoms with van der Waals surface area (Å²) >= 11 is 0. The van der Waals surface area contributed by atoms with Gasteiger partial charge >= 0.3 is 6.18 Å². The number of halogens is 4. The van der Waals surface area contributed by atoms with Crippen molar-refractivity contribution >= 4 is 17.4 Å². The second-order valence-corrected chi connectivity index (χ2v) is 9.60. The van der Waals surface area contributed by atoms with Crippen molar-refractivity contribution in [1.29, 1.82) is 5.26 Å². The molecular formula is C28H23F4N3O2. The Morgan fingerprint density at radius 3 is 2.14 bits per heavy atom. The van der Waals surface area contributed by atoms with Crippen LogP contribution in [0.1, 0.15) is 47.9 Å². The van der Waals surface area contributed by atoms with Gasteiger partial charge in [-0.1, -0.05) is 24.3 Å². The third-order valence-electron chi connectivity index (χ3n) is 6.74. The van der Waals surface area contributed by atoms with Gasteiger partial charge in [0.1, 0.15) is 17.7 Å². The molecular weight excluding hydrogens is 486 g/mol. The van der Waals surface area contributed by atoms with E-state index in [1.54, 1.807) is 29.2 Å². The average molecular weight is 510 g/mol. The third-order valence-corrected chi connectivity index (χ3v) is 6.74. The van der Waals surface area contributed by atoms with Crippen LogP contribution in [0.5, 0.6) is 0 Å². The molecule has 0 aromatic heterocycles. The first-order valence-electron chi connectivity index (χ1n) is 12.1. The van der Waals surface area contributed by atoms with Crippen LogP contribution in [-0.2, 0) is 22.3 Å². The van der Waals surface area contributed by atoms with Crippen molar-refractivity contribution in [1.82, 2.24) is 9.80 Å². The molecule has 0 saturated heterocycles. The number of allylic oxidation sites excluding steroid dienone is 2. The summed E-state index contributed by atoms with van der Waals surface area (Å²) in [5.41, 5.74) is 0.801. The quantitative estimate of drug-likeness (QED) is 0.374. The molecule has 0 unspecified atom stereocenters. The van der Waals surface area contributed by atoms with Crippen molar-refractivity contribution in [2.24, 2.45) is 11.8 Å². The molecule has 0 N–H and O–H groups in total. The van der Waals surface area contributed by atoms with Crippen LogP contribution in [0.15, 0.2) is 60.4 Å². The van der Waals surface area contributed by atoms with Crippen molar-refractivity contribution in [3.8, 4) is 6.07 Å². The number of nitrogens with zero attached hydrogens (tertiary/aromatic N) is 3. The Labute approximate surface area is 211 Å². The van der Waals surface area contributed by atoms with Crippen molar-refractivity contribution in [2.45, 2.75) is 38.4 Å². The van der Waals surface area contributed by atoms with Gasteiger partial charge in [0.15, 0.2) is 0 Å². The van der Waals surface area contributed by atoms with Gasteiger partial charge in [0.2, 0.25) is 11.8 Å². The lowest BCUT2D eigenvalue weighted by molar-refractivity contribution is -0.145. The van der Waals surface area contributed by atoms with Crippen LogP contribution in [0, 0.1) is 29.0 Å². The number of carbonyl (C=O) groups excluding carboxylic acids is 2. The van der Waals surface area contributed by atoms with Gasteiger partial charge in [0, 0.05) is 24.9 Å². The minimum Gasteiger partial charge on any atom is -0.349 e. The normalized spacial score (nSPS) is 17.5. The molecule has 3 aliphatic rings. The predicted molar refractivity (Wildman–Crippen MR) is 126 cm³/mol. The summed E-state index contributed by atoms with van der Waals surface area (Å²) in [6.07, 6.45) is 1.77. The number of hydrogen-bond donors (Lipinski definition) is 0. The fourth-order valence-electron chi connectivity index (χ4n) is 4.32. The number of carbonyl (C=O) groups is 2. The smallest absolute Gasteiger partial charge is 0.349 e. The summed E-state index contributed by atoms with van der Waals surface area (Å²) in [5.74, 6) is -1.38. The highest BCUT2D eigenvalue weighted by Crippen LogP contribution is 2.39. The van der Waals surface area contributed by atoms with Crippen LogP contribution in [0.4, 0.5) is 17.6 Å². The maximum Gasteiger partial charge on any atom is 0.416 e. The summed E-state index contributed by atoms with van der Waals surface area (Å²) in [7, 11) is 0. The maximum atomic E-state index is 14.3. The zero-order valence-electron chi connectivity index (χ0n) is 19.8. The van der Waals surface area contributed by atoms with Crippen LogP contribution in [-0.4, -0.2) is 28.2 Å². The van der Waals surface area contributed by atoms with Gasteiger partial charge in [-0.2, -0.15) is 18.4 Å². The minimum atomic E-state index is -4.46. The number of benzene rings is 2. The van der Waals surface area contributed by atoms with Crippen LogP contribution in [0.3, 0.4) is 0 Å². The molecule has 5 rings (SSSR count). The molecule has 2 aliphatic carbocycles. The van der Waals surface area contributed by atoms with E-state index < -0.39 is 17.6 Å². The Kier molecular flexibility index (Phi) is 6.36. The van der Waals surface area contributed by atoms with Crippen LogP contribution in [0.25, 0.3) is 5.57 Å². The standard InChI is InChI=1S/C28H23F4N3O2/c29-24-13-17(1-2-22(24)15-33)16-34-12-11-21(18-7-9-23(10-8-18)28(30,31)32)14-25(34)35(26(36)19-3-4-19)27(37)20-5-6-20/h1-2,7-11,13-14,19-20H,3-6,12,16H2. The highest BCUT2D eigenvalue weighted by molar-refractivity contribution is 6.01. The highest BCUT2D eigenvalue weighted by atomic mass is 19.4. The molecule has 0 spiro atoms. The van der Waals surface area contributed by atoms with E-state index in [1.807, 2.05) is 0 Å². The van der Waals surface area contributed by atoms with Gasteiger partial charge < -0.3 is 4.90 Å². The molecule has 1 heterocycles. The van der Waals surface area contributed by atoms with Gasteiger partial charge in [-0.3, -0.25) is 9.59 Å². The largest absolute Gasteiger partial charge is 0.416 e. The molecule has 0 radical (unpaired) electrons. The minimum absolute atomic E-state index is 0.0860. The Bertz CT molecular complexity index is 1320. The second kappa shape index (κ2) is 9.51. The molecule has 2 aromatic rings. The summed E-state index contributed by atoms with van der Waals surface area (Å²) in [4.78, 5) is 29.6. The van der Waals surface area contributed by atoms with Gasteiger partial charge in [-0.15, -0.1) is 0 Å². The molecule has 2 aromatic carbocycles. The molecule has 0 bridgehead atoms. The predicted octanol–water partition coefficient (Wildman–Crippen LogP) is 5.63. The van der Waals surface area contributed by atoms with Crippen LogP contribution >= 0.6 is 0 Å². The number of alkyl halides is 3. The molecule has 2 fully saturated rings. The van der Waals surface area contributed by atoms with E-state index in [9.17, 15) is 27.2 Å². The first-order chi connectivity index (χ1) is 17.7. The van der Waals surface area contributed by atoms with E-state index in [0.717, 1.165) is 12.1 Å². The van der Waals surface area contributed by atoms with E-state index in [0.29, 0.717) is 48.2 Å². The topological polar surface area (TPSA) is 64.4 Å². The lowest BCUT2D eigenvalue weighted by Crippen LogP contribution is -2.45. The summed E-state index contributed by atoms with van der Waals surface area (Å²) in [6, 6.07) is 10.8. The monoisotopic (exact) mass is 509 g/mol. The van der Waals surface area contributed by atoms with Gasteiger partial charge in [0.25, 0.3) is 0 Å². The lowest BCUT2D eigenvalue weighted by atomic mass is 10.00. The first kappa shape index (κ1) is 24.8. The summed E-state index contributed by atoms with van der Waals surface area (Å²) in [6.45, 7) is 0.411. The van der Waals surface area contributed by atoms with E-state index in [-0.39, 0.29) is 42.3 Å². The Balaban J connectivity index is 1.51. The molecule has 190 valence electrons. The van der Waals surface area contributed by atoms with Crippen molar-refractivity contribution in [2.75, 3.05) is 6.54 Å². The molecule has 37 heavy (non-hydrogen) atoms.